The molecule has 1 atom stereocenters. The molecule has 0 heterocycles. The summed E-state index contributed by atoms with van der Waals surface area (Å²) in [6, 6.07) is 14.1. The summed E-state index contributed by atoms with van der Waals surface area (Å²) in [6.45, 7) is 1.73. The van der Waals surface area contributed by atoms with Crippen LogP contribution in [0.4, 0.5) is 10.1 Å². The number of rotatable bonds is 6. The molecule has 4 heteroatoms. The Balaban J connectivity index is 2.23. The number of ether oxygens (including phenoxy) is 1. The van der Waals surface area contributed by atoms with Gasteiger partial charge in [0.25, 0.3) is 0 Å². The normalized spacial score (nSPS) is 13.5. The van der Waals surface area contributed by atoms with E-state index < -0.39 is 5.54 Å². The van der Waals surface area contributed by atoms with Gasteiger partial charge in [0.1, 0.15) is 11.6 Å². The molecule has 0 amide bonds. The fourth-order valence-corrected chi connectivity index (χ4v) is 2.30. The molecular formula is C17H20FNO2. The molecular weight excluding hydrogens is 269 g/mol. The first kappa shape index (κ1) is 15.3. The van der Waals surface area contributed by atoms with Gasteiger partial charge in [-0.3, -0.25) is 0 Å². The fraction of sp³-hybridized carbons (Fsp3) is 0.294. The maximum absolute atomic E-state index is 13.8. The van der Waals surface area contributed by atoms with Crippen molar-refractivity contribution in [2.45, 2.75) is 18.9 Å². The zero-order valence-electron chi connectivity index (χ0n) is 12.3. The Morgan fingerprint density at radius 2 is 1.81 bits per heavy atom. The molecule has 0 saturated heterocycles. The van der Waals surface area contributed by atoms with E-state index >= 15 is 0 Å². The Bertz CT molecular complexity index is 603. The van der Waals surface area contributed by atoms with Gasteiger partial charge in [0.2, 0.25) is 0 Å². The predicted octanol–water partition coefficient (Wildman–Crippen LogP) is 3.24. The molecule has 3 nitrogen and oxygen atoms in total. The Hall–Kier alpha value is -2.07. The van der Waals surface area contributed by atoms with E-state index in [4.69, 9.17) is 4.74 Å². The number of methoxy groups -OCH3 is 1. The molecule has 0 radical (unpaired) electrons. The van der Waals surface area contributed by atoms with Gasteiger partial charge >= 0.3 is 0 Å². The molecule has 2 aromatic rings. The lowest BCUT2D eigenvalue weighted by Crippen LogP contribution is -2.41. The Labute approximate surface area is 124 Å². The molecule has 1 unspecified atom stereocenters. The highest BCUT2D eigenvalue weighted by Crippen LogP contribution is 2.26. The minimum absolute atomic E-state index is 0.126. The monoisotopic (exact) mass is 289 g/mol. The lowest BCUT2D eigenvalue weighted by Gasteiger charge is -2.30. The lowest BCUT2D eigenvalue weighted by molar-refractivity contribution is 0.220. The van der Waals surface area contributed by atoms with Crippen LogP contribution in [0, 0.1) is 5.82 Å². The summed E-state index contributed by atoms with van der Waals surface area (Å²) in [5.41, 5.74) is 0.654. The molecule has 0 bridgehead atoms. The van der Waals surface area contributed by atoms with E-state index in [1.54, 1.807) is 25.3 Å². The summed E-state index contributed by atoms with van der Waals surface area (Å²) in [6.07, 6.45) is 0.516. The van der Waals surface area contributed by atoms with Crippen molar-refractivity contribution < 1.29 is 14.2 Å². The van der Waals surface area contributed by atoms with Crippen LogP contribution in [-0.4, -0.2) is 24.4 Å². The summed E-state index contributed by atoms with van der Waals surface area (Å²) in [5, 5.41) is 12.8. The van der Waals surface area contributed by atoms with Crippen LogP contribution in [-0.2, 0) is 6.42 Å². The fourth-order valence-electron chi connectivity index (χ4n) is 2.30. The zero-order chi connectivity index (χ0) is 15.3. The van der Waals surface area contributed by atoms with Gasteiger partial charge in [-0.1, -0.05) is 30.3 Å². The topological polar surface area (TPSA) is 41.5 Å². The number of aliphatic hydroxyl groups is 1. The van der Waals surface area contributed by atoms with Crippen molar-refractivity contribution in [2.75, 3.05) is 19.0 Å². The van der Waals surface area contributed by atoms with Crippen LogP contribution < -0.4 is 10.1 Å². The Kier molecular flexibility index (Phi) is 4.81. The molecule has 2 aromatic carbocycles. The molecule has 0 spiro atoms. The van der Waals surface area contributed by atoms with Crippen molar-refractivity contribution in [1.29, 1.82) is 0 Å². The summed E-state index contributed by atoms with van der Waals surface area (Å²) in [4.78, 5) is 0. The number of halogens is 1. The Morgan fingerprint density at radius 3 is 2.48 bits per heavy atom. The summed E-state index contributed by atoms with van der Waals surface area (Å²) in [7, 11) is 1.61. The largest absolute Gasteiger partial charge is 0.496 e. The van der Waals surface area contributed by atoms with Gasteiger partial charge in [-0.15, -0.1) is 0 Å². The first-order valence-electron chi connectivity index (χ1n) is 6.83. The summed E-state index contributed by atoms with van der Waals surface area (Å²) in [5.74, 6) is 0.421. The quantitative estimate of drug-likeness (QED) is 0.858. The number of nitrogens with one attached hydrogen (secondary N) is 1. The molecule has 2 N–H and O–H groups in total. The Morgan fingerprint density at radius 1 is 1.14 bits per heavy atom. The predicted molar refractivity (Wildman–Crippen MR) is 82.2 cm³/mol. The average Bonchev–Trinajstić information content (AvgIpc) is 2.50. The second-order valence-corrected chi connectivity index (χ2v) is 5.31. The third kappa shape index (κ3) is 3.73. The molecule has 0 aromatic heterocycles. The number of hydrogen-bond acceptors (Lipinski definition) is 3. The first-order chi connectivity index (χ1) is 10.1. The van der Waals surface area contributed by atoms with Gasteiger partial charge in [-0.2, -0.15) is 0 Å². The minimum Gasteiger partial charge on any atom is -0.496 e. The van der Waals surface area contributed by atoms with Gasteiger partial charge < -0.3 is 15.2 Å². The molecule has 0 saturated carbocycles. The molecule has 112 valence electrons. The number of hydrogen-bond donors (Lipinski definition) is 2. The molecule has 0 aliphatic rings. The van der Waals surface area contributed by atoms with Gasteiger partial charge in [-0.25, -0.2) is 4.39 Å². The minimum atomic E-state index is -0.684. The van der Waals surface area contributed by atoms with Crippen LogP contribution in [0.2, 0.25) is 0 Å². The van der Waals surface area contributed by atoms with Crippen molar-refractivity contribution in [2.24, 2.45) is 0 Å². The lowest BCUT2D eigenvalue weighted by atomic mass is 9.92. The third-order valence-corrected chi connectivity index (χ3v) is 3.43. The van der Waals surface area contributed by atoms with Crippen molar-refractivity contribution in [3.8, 4) is 5.75 Å². The van der Waals surface area contributed by atoms with Gasteiger partial charge in [0.15, 0.2) is 0 Å². The van der Waals surface area contributed by atoms with E-state index in [2.05, 4.69) is 5.32 Å². The van der Waals surface area contributed by atoms with Gasteiger partial charge in [0, 0.05) is 6.42 Å². The van der Waals surface area contributed by atoms with E-state index in [-0.39, 0.29) is 12.4 Å². The maximum Gasteiger partial charge on any atom is 0.146 e. The highest BCUT2D eigenvalue weighted by molar-refractivity contribution is 5.48. The molecule has 0 aliphatic heterocycles. The van der Waals surface area contributed by atoms with Crippen molar-refractivity contribution in [3.63, 3.8) is 0 Å². The first-order valence-corrected chi connectivity index (χ1v) is 6.83. The van der Waals surface area contributed by atoms with E-state index in [0.29, 0.717) is 12.1 Å². The van der Waals surface area contributed by atoms with Crippen molar-refractivity contribution in [3.05, 3.63) is 59.9 Å². The third-order valence-electron chi connectivity index (χ3n) is 3.43. The van der Waals surface area contributed by atoms with Crippen LogP contribution in [0.3, 0.4) is 0 Å². The van der Waals surface area contributed by atoms with Crippen LogP contribution in [0.15, 0.2) is 48.5 Å². The molecule has 21 heavy (non-hydrogen) atoms. The zero-order valence-corrected chi connectivity index (χ0v) is 12.3. The summed E-state index contributed by atoms with van der Waals surface area (Å²) < 4.78 is 19.1. The van der Waals surface area contributed by atoms with Gasteiger partial charge in [-0.05, 0) is 30.7 Å². The van der Waals surface area contributed by atoms with E-state index in [1.165, 1.54) is 6.07 Å². The van der Waals surface area contributed by atoms with Crippen molar-refractivity contribution in [1.82, 2.24) is 0 Å². The van der Waals surface area contributed by atoms with E-state index in [0.717, 1.165) is 11.3 Å². The van der Waals surface area contributed by atoms with Crippen LogP contribution in [0.25, 0.3) is 0 Å². The number of aliphatic hydroxyl groups excluding tert-OH is 1. The second kappa shape index (κ2) is 6.59. The SMILES string of the molecule is COc1ccccc1CC(C)(CO)Nc1ccccc1F. The average molecular weight is 289 g/mol. The van der Waals surface area contributed by atoms with Crippen molar-refractivity contribution >= 4 is 5.69 Å². The highest BCUT2D eigenvalue weighted by Gasteiger charge is 2.26. The number of para-hydroxylation sites is 2. The maximum atomic E-state index is 13.8. The smallest absolute Gasteiger partial charge is 0.146 e. The standard InChI is InChI=1S/C17H20FNO2/c1-17(12-20,19-15-9-5-4-8-14(15)18)11-13-7-3-6-10-16(13)21-2/h3-10,19-20H,11-12H2,1-2H3. The van der Waals surface area contributed by atoms with Crippen LogP contribution in [0.1, 0.15) is 12.5 Å². The summed E-state index contributed by atoms with van der Waals surface area (Å²) >= 11 is 0. The van der Waals surface area contributed by atoms with Crippen LogP contribution in [0.5, 0.6) is 5.75 Å². The highest BCUT2D eigenvalue weighted by atomic mass is 19.1. The molecule has 0 aliphatic carbocycles. The molecule has 0 fully saturated rings. The number of anilines is 1. The van der Waals surface area contributed by atoms with Gasteiger partial charge in [0.05, 0.1) is 24.9 Å². The van der Waals surface area contributed by atoms with Crippen LogP contribution >= 0.6 is 0 Å². The van der Waals surface area contributed by atoms with E-state index in [1.807, 2.05) is 31.2 Å². The second-order valence-electron chi connectivity index (χ2n) is 5.31. The van der Waals surface area contributed by atoms with E-state index in [9.17, 15) is 9.50 Å². The molecule has 2 rings (SSSR count). The number of benzene rings is 2.